The molecular weight excluding hydrogens is 436 g/mol. The monoisotopic (exact) mass is 460 g/mol. The van der Waals surface area contributed by atoms with E-state index in [1.54, 1.807) is 7.11 Å². The van der Waals surface area contributed by atoms with Crippen LogP contribution in [0.1, 0.15) is 12.0 Å². The number of rotatable bonds is 8. The summed E-state index contributed by atoms with van der Waals surface area (Å²) in [6.45, 7) is 0.889. The summed E-state index contributed by atoms with van der Waals surface area (Å²) >= 11 is 8.76. The predicted octanol–water partition coefficient (Wildman–Crippen LogP) is 4.77. The van der Waals surface area contributed by atoms with Gasteiger partial charge in [-0.2, -0.15) is 5.10 Å². The maximum absolute atomic E-state index is 5.34. The average molecular weight is 461 g/mol. The molecule has 0 radical (unpaired) electrons. The van der Waals surface area contributed by atoms with E-state index in [-0.39, 0.29) is 0 Å². The summed E-state index contributed by atoms with van der Waals surface area (Å²) in [5, 5.41) is 8.04. The van der Waals surface area contributed by atoms with Gasteiger partial charge in [-0.1, -0.05) is 34.1 Å². The third-order valence-corrected chi connectivity index (χ3v) is 4.52. The van der Waals surface area contributed by atoms with Gasteiger partial charge >= 0.3 is 0 Å². The molecule has 0 fully saturated rings. The van der Waals surface area contributed by atoms with Crippen molar-refractivity contribution in [3.05, 3.63) is 64.6 Å². The number of benzene rings is 2. The summed E-state index contributed by atoms with van der Waals surface area (Å²) < 4.78 is 6.21. The lowest BCUT2D eigenvalue weighted by Crippen LogP contribution is -2.25. The Morgan fingerprint density at radius 1 is 1.14 bits per heavy atom. The number of thiocarbonyl (C=S) groups is 1. The second kappa shape index (κ2) is 11.6. The van der Waals surface area contributed by atoms with E-state index >= 15 is 0 Å². The lowest BCUT2D eigenvalue weighted by atomic mass is 10.1. The van der Waals surface area contributed by atoms with Crippen molar-refractivity contribution in [2.24, 2.45) is 5.10 Å². The fraction of sp³-hybridized carbons (Fsp3) is 0.238. The van der Waals surface area contributed by atoms with Crippen LogP contribution in [0.25, 0.3) is 6.08 Å². The molecule has 5 nitrogen and oxygen atoms in total. The maximum Gasteiger partial charge on any atom is 0.191 e. The van der Waals surface area contributed by atoms with Gasteiger partial charge < -0.3 is 15.0 Å². The predicted molar refractivity (Wildman–Crippen MR) is 126 cm³/mol. The van der Waals surface area contributed by atoms with E-state index in [2.05, 4.69) is 36.7 Å². The number of ether oxygens (including phenoxy) is 1. The summed E-state index contributed by atoms with van der Waals surface area (Å²) in [4.78, 5) is 2.12. The van der Waals surface area contributed by atoms with E-state index in [1.807, 2.05) is 74.8 Å². The average Bonchev–Trinajstić information content (AvgIpc) is 2.69. The molecule has 0 aliphatic carbocycles. The molecule has 0 unspecified atom stereocenters. The lowest BCUT2D eigenvalue weighted by Gasteiger charge is -2.11. The second-order valence-corrected chi connectivity index (χ2v) is 7.66. The van der Waals surface area contributed by atoms with Crippen molar-refractivity contribution in [1.29, 1.82) is 0 Å². The molecule has 28 heavy (non-hydrogen) atoms. The molecule has 2 rings (SSSR count). The normalized spacial score (nSPS) is 11.7. The van der Waals surface area contributed by atoms with Crippen molar-refractivity contribution in [3.8, 4) is 5.75 Å². The first kappa shape index (κ1) is 22.1. The summed E-state index contributed by atoms with van der Waals surface area (Å²) in [6, 6.07) is 15.7. The zero-order valence-electron chi connectivity index (χ0n) is 16.3. The van der Waals surface area contributed by atoms with Gasteiger partial charge in [0.15, 0.2) is 5.11 Å². The molecule has 0 bridgehead atoms. The van der Waals surface area contributed by atoms with Crippen LogP contribution in [-0.2, 0) is 0 Å². The highest BCUT2D eigenvalue weighted by Crippen LogP contribution is 2.14. The Labute approximate surface area is 180 Å². The van der Waals surface area contributed by atoms with Gasteiger partial charge in [-0.05, 0) is 74.4 Å². The number of anilines is 1. The van der Waals surface area contributed by atoms with Gasteiger partial charge in [-0.15, -0.1) is 0 Å². The van der Waals surface area contributed by atoms with Gasteiger partial charge in [0.05, 0.1) is 12.8 Å². The maximum atomic E-state index is 5.34. The zero-order chi connectivity index (χ0) is 20.4. The Balaban J connectivity index is 2.02. The van der Waals surface area contributed by atoms with Gasteiger partial charge in [-0.3, -0.25) is 5.43 Å². The molecule has 0 saturated carbocycles. The molecule has 2 N–H and O–H groups in total. The number of hydrazone groups is 1. The number of methoxy groups -OCH3 is 1. The molecule has 0 saturated heterocycles. The molecule has 0 heterocycles. The van der Waals surface area contributed by atoms with Gasteiger partial charge in [-0.25, -0.2) is 0 Å². The fourth-order valence-electron chi connectivity index (χ4n) is 2.24. The summed E-state index contributed by atoms with van der Waals surface area (Å²) in [5.74, 6) is 0.838. The van der Waals surface area contributed by atoms with E-state index < -0.39 is 0 Å². The number of hydrogen-bond donors (Lipinski definition) is 2. The quantitative estimate of drug-likeness (QED) is 0.337. The molecule has 148 valence electrons. The van der Waals surface area contributed by atoms with Crippen LogP contribution in [0.5, 0.6) is 5.75 Å². The fourth-order valence-corrected chi connectivity index (χ4v) is 2.66. The minimum absolute atomic E-state index is 0.447. The van der Waals surface area contributed by atoms with E-state index in [4.69, 9.17) is 17.0 Å². The largest absolute Gasteiger partial charge is 0.497 e. The Kier molecular flexibility index (Phi) is 9.13. The number of allylic oxidation sites excluding steroid dienone is 1. The third kappa shape index (κ3) is 8.21. The molecule has 2 aromatic carbocycles. The van der Waals surface area contributed by atoms with Crippen molar-refractivity contribution < 1.29 is 4.74 Å². The molecule has 0 aliphatic heterocycles. The molecule has 0 atom stereocenters. The van der Waals surface area contributed by atoms with Crippen LogP contribution in [0.2, 0.25) is 0 Å². The number of nitrogens with zero attached hydrogens (tertiary/aromatic N) is 2. The molecular formula is C21H25BrN4OS. The highest BCUT2D eigenvalue weighted by Gasteiger charge is 2.01. The summed E-state index contributed by atoms with van der Waals surface area (Å²) in [7, 11) is 5.74. The highest BCUT2D eigenvalue weighted by atomic mass is 79.9. The van der Waals surface area contributed by atoms with E-state index in [1.165, 1.54) is 0 Å². The van der Waals surface area contributed by atoms with Crippen molar-refractivity contribution in [2.45, 2.75) is 6.42 Å². The number of hydrogen-bond acceptors (Lipinski definition) is 4. The van der Waals surface area contributed by atoms with Crippen molar-refractivity contribution >= 4 is 50.7 Å². The first-order chi connectivity index (χ1) is 13.5. The first-order valence-corrected chi connectivity index (χ1v) is 10.0. The molecule has 0 amide bonds. The highest BCUT2D eigenvalue weighted by molar-refractivity contribution is 9.10. The standard InChI is InChI=1S/C21H25BrN4OS/c1-26(2)15-14-19(9-4-16-5-12-20(27-3)13-6-16)24-25-21(28)23-18-10-7-17(22)8-11-18/h4-13H,14-15H2,1-3H3,(H2,23,25,28)/b9-4?,24-19-. The zero-order valence-corrected chi connectivity index (χ0v) is 18.7. The Bertz CT molecular complexity index is 817. The molecule has 7 heteroatoms. The molecule has 0 aliphatic rings. The number of nitrogens with one attached hydrogen (secondary N) is 2. The topological polar surface area (TPSA) is 48.9 Å². The smallest absolute Gasteiger partial charge is 0.191 e. The van der Waals surface area contributed by atoms with Gasteiger partial charge in [0, 0.05) is 23.1 Å². The van der Waals surface area contributed by atoms with Gasteiger partial charge in [0.1, 0.15) is 5.75 Å². The SMILES string of the molecule is COc1ccc(C=C/C(CCN(C)C)=N/NC(=S)Nc2ccc(Br)cc2)cc1. The van der Waals surface area contributed by atoms with Crippen LogP contribution in [0, 0.1) is 0 Å². The van der Waals surface area contributed by atoms with Crippen molar-refractivity contribution in [2.75, 3.05) is 33.1 Å². The Morgan fingerprint density at radius 2 is 1.82 bits per heavy atom. The van der Waals surface area contributed by atoms with E-state index in [9.17, 15) is 0 Å². The van der Waals surface area contributed by atoms with Crippen LogP contribution in [-0.4, -0.2) is 43.5 Å². The third-order valence-electron chi connectivity index (χ3n) is 3.80. The van der Waals surface area contributed by atoms with Crippen LogP contribution < -0.4 is 15.5 Å². The molecule has 0 aromatic heterocycles. The Hall–Kier alpha value is -2.22. The van der Waals surface area contributed by atoms with Crippen molar-refractivity contribution in [1.82, 2.24) is 10.3 Å². The first-order valence-electron chi connectivity index (χ1n) is 8.82. The minimum Gasteiger partial charge on any atom is -0.497 e. The van der Waals surface area contributed by atoms with Gasteiger partial charge in [0.2, 0.25) is 0 Å². The van der Waals surface area contributed by atoms with Crippen LogP contribution in [0.3, 0.4) is 0 Å². The van der Waals surface area contributed by atoms with Crippen LogP contribution in [0.15, 0.2) is 64.2 Å². The molecule has 2 aromatic rings. The van der Waals surface area contributed by atoms with E-state index in [0.29, 0.717) is 5.11 Å². The summed E-state index contributed by atoms with van der Waals surface area (Å²) in [5.41, 5.74) is 5.82. The van der Waals surface area contributed by atoms with Crippen molar-refractivity contribution in [3.63, 3.8) is 0 Å². The van der Waals surface area contributed by atoms with Crippen LogP contribution >= 0.6 is 28.1 Å². The van der Waals surface area contributed by atoms with E-state index in [0.717, 1.165) is 40.2 Å². The Morgan fingerprint density at radius 3 is 2.43 bits per heavy atom. The second-order valence-electron chi connectivity index (χ2n) is 6.34. The number of halogens is 1. The minimum atomic E-state index is 0.447. The summed E-state index contributed by atoms with van der Waals surface area (Å²) in [6.07, 6.45) is 4.83. The van der Waals surface area contributed by atoms with Crippen LogP contribution in [0.4, 0.5) is 5.69 Å². The van der Waals surface area contributed by atoms with Gasteiger partial charge in [0.25, 0.3) is 0 Å². The molecule has 0 spiro atoms. The lowest BCUT2D eigenvalue weighted by molar-refractivity contribution is 0.415.